The highest BCUT2D eigenvalue weighted by Crippen LogP contribution is 2.34. The smallest absolute Gasteiger partial charge is 0.119 e. The molecule has 1 rings (SSSR count). The van der Waals surface area contributed by atoms with Crippen LogP contribution in [-0.2, 0) is 6.42 Å². The lowest BCUT2D eigenvalue weighted by molar-refractivity contribution is 0.458. The fourth-order valence-electron chi connectivity index (χ4n) is 4.66. The van der Waals surface area contributed by atoms with E-state index in [0.29, 0.717) is 11.7 Å². The molecule has 0 saturated heterocycles. The number of rotatable bonds is 19. The lowest BCUT2D eigenvalue weighted by Crippen LogP contribution is -2.04. The third-order valence-electron chi connectivity index (χ3n) is 6.45. The second kappa shape index (κ2) is 17.8. The summed E-state index contributed by atoms with van der Waals surface area (Å²) in [5, 5.41) is 10.6. The van der Waals surface area contributed by atoms with Gasteiger partial charge in [-0.2, -0.15) is 0 Å². The Kier molecular flexibility index (Phi) is 16.0. The molecule has 1 N–H and O–H groups in total. The molecule has 0 spiro atoms. The first-order valence-electron chi connectivity index (χ1n) is 13.0. The number of hydrogen-bond acceptors (Lipinski definition) is 1. The zero-order chi connectivity index (χ0) is 21.2. The number of aromatic hydroxyl groups is 1. The van der Waals surface area contributed by atoms with Crippen LogP contribution in [-0.4, -0.2) is 5.11 Å². The predicted molar refractivity (Wildman–Crippen MR) is 130 cm³/mol. The molecule has 0 fully saturated rings. The van der Waals surface area contributed by atoms with Crippen molar-refractivity contribution in [2.45, 2.75) is 142 Å². The van der Waals surface area contributed by atoms with Crippen molar-refractivity contribution in [3.8, 4) is 5.75 Å². The van der Waals surface area contributed by atoms with Crippen LogP contribution < -0.4 is 0 Å². The fourth-order valence-corrected chi connectivity index (χ4v) is 4.66. The van der Waals surface area contributed by atoms with E-state index in [4.69, 9.17) is 0 Å². The Morgan fingerprint density at radius 1 is 0.621 bits per heavy atom. The van der Waals surface area contributed by atoms with Gasteiger partial charge in [0.2, 0.25) is 0 Å². The van der Waals surface area contributed by atoms with Crippen molar-refractivity contribution in [2.24, 2.45) is 0 Å². The molecule has 1 unspecified atom stereocenters. The third-order valence-corrected chi connectivity index (χ3v) is 6.45. The third kappa shape index (κ3) is 11.7. The summed E-state index contributed by atoms with van der Waals surface area (Å²) in [6.45, 7) is 6.86. The molecule has 1 heteroatoms. The van der Waals surface area contributed by atoms with E-state index in [2.05, 4.69) is 32.9 Å². The standard InChI is InChI=1S/C28H50O/c1-4-7-9-11-12-13-14-15-16-18-22-27-26(23-19-24-28(27)29)25(20-6-3)21-17-10-8-5-2/h19,23-25,29H,4-18,20-22H2,1-3H3. The minimum atomic E-state index is 0.535. The van der Waals surface area contributed by atoms with Gasteiger partial charge in [-0.15, -0.1) is 0 Å². The summed E-state index contributed by atoms with van der Waals surface area (Å²) in [5.41, 5.74) is 2.69. The summed E-state index contributed by atoms with van der Waals surface area (Å²) in [4.78, 5) is 0. The number of phenolic OH excluding ortho intramolecular Hbond substituents is 1. The summed E-state index contributed by atoms with van der Waals surface area (Å²) in [5.74, 6) is 1.16. The van der Waals surface area contributed by atoms with Crippen molar-refractivity contribution in [3.63, 3.8) is 0 Å². The van der Waals surface area contributed by atoms with E-state index >= 15 is 0 Å². The van der Waals surface area contributed by atoms with E-state index in [1.54, 1.807) is 0 Å². The van der Waals surface area contributed by atoms with Crippen LogP contribution in [0.1, 0.15) is 147 Å². The summed E-state index contributed by atoms with van der Waals surface area (Å²) in [7, 11) is 0. The summed E-state index contributed by atoms with van der Waals surface area (Å²) in [6, 6.07) is 6.25. The van der Waals surface area contributed by atoms with Gasteiger partial charge in [0.05, 0.1) is 0 Å². The van der Waals surface area contributed by atoms with Crippen LogP contribution in [0, 0.1) is 0 Å². The molecule has 1 aromatic rings. The summed E-state index contributed by atoms with van der Waals surface area (Å²) < 4.78 is 0. The topological polar surface area (TPSA) is 20.2 Å². The maximum absolute atomic E-state index is 10.6. The number of unbranched alkanes of at least 4 members (excludes halogenated alkanes) is 12. The number of benzene rings is 1. The van der Waals surface area contributed by atoms with Gasteiger partial charge in [-0.1, -0.05) is 123 Å². The van der Waals surface area contributed by atoms with Crippen LogP contribution in [0.2, 0.25) is 0 Å². The second-order valence-corrected chi connectivity index (χ2v) is 9.11. The molecule has 0 heterocycles. The van der Waals surface area contributed by atoms with Gasteiger partial charge < -0.3 is 5.11 Å². The molecule has 0 saturated carbocycles. The Hall–Kier alpha value is -0.980. The molecule has 0 aliphatic carbocycles. The molecule has 0 aromatic heterocycles. The first kappa shape index (κ1) is 26.1. The van der Waals surface area contributed by atoms with Crippen molar-refractivity contribution < 1.29 is 5.11 Å². The molecule has 29 heavy (non-hydrogen) atoms. The zero-order valence-electron chi connectivity index (χ0n) is 20.0. The van der Waals surface area contributed by atoms with E-state index < -0.39 is 0 Å². The van der Waals surface area contributed by atoms with E-state index in [1.807, 2.05) is 6.07 Å². The van der Waals surface area contributed by atoms with Gasteiger partial charge in [-0.3, -0.25) is 0 Å². The average molecular weight is 403 g/mol. The fraction of sp³-hybridized carbons (Fsp3) is 0.786. The minimum Gasteiger partial charge on any atom is -0.508 e. The van der Waals surface area contributed by atoms with E-state index in [9.17, 15) is 5.11 Å². The molecule has 1 aromatic carbocycles. The lowest BCUT2D eigenvalue weighted by Gasteiger charge is -2.21. The van der Waals surface area contributed by atoms with E-state index in [1.165, 1.54) is 120 Å². The van der Waals surface area contributed by atoms with Crippen molar-refractivity contribution in [1.29, 1.82) is 0 Å². The Bertz CT molecular complexity index is 493. The minimum absolute atomic E-state index is 0.535. The quantitative estimate of drug-likeness (QED) is 0.228. The van der Waals surface area contributed by atoms with Crippen LogP contribution in [0.4, 0.5) is 0 Å². The molecule has 1 atom stereocenters. The highest BCUT2D eigenvalue weighted by molar-refractivity contribution is 5.41. The molecular weight excluding hydrogens is 352 g/mol. The Morgan fingerprint density at radius 2 is 1.17 bits per heavy atom. The average Bonchev–Trinajstić information content (AvgIpc) is 2.72. The second-order valence-electron chi connectivity index (χ2n) is 9.11. The van der Waals surface area contributed by atoms with Gasteiger partial charge in [0, 0.05) is 0 Å². The van der Waals surface area contributed by atoms with Crippen LogP contribution in [0.5, 0.6) is 5.75 Å². The van der Waals surface area contributed by atoms with Gasteiger partial charge >= 0.3 is 0 Å². The molecule has 0 radical (unpaired) electrons. The van der Waals surface area contributed by atoms with Crippen LogP contribution >= 0.6 is 0 Å². The first-order chi connectivity index (χ1) is 14.2. The Labute approximate surface area is 182 Å². The Morgan fingerprint density at radius 3 is 1.76 bits per heavy atom. The summed E-state index contributed by atoms with van der Waals surface area (Å²) in [6.07, 6.45) is 23.8. The Balaban J connectivity index is 2.44. The number of hydrogen-bond donors (Lipinski definition) is 1. The lowest BCUT2D eigenvalue weighted by atomic mass is 9.84. The SMILES string of the molecule is CCCCCCCCCCCCc1c(O)cccc1C(CCC)CCCCCC. The van der Waals surface area contributed by atoms with Gasteiger partial charge in [-0.05, 0) is 48.8 Å². The van der Waals surface area contributed by atoms with E-state index in [-0.39, 0.29) is 0 Å². The molecule has 0 aliphatic heterocycles. The zero-order valence-corrected chi connectivity index (χ0v) is 20.0. The van der Waals surface area contributed by atoms with Crippen molar-refractivity contribution in [1.82, 2.24) is 0 Å². The highest BCUT2D eigenvalue weighted by Gasteiger charge is 2.16. The maximum Gasteiger partial charge on any atom is 0.119 e. The first-order valence-corrected chi connectivity index (χ1v) is 13.0. The molecular formula is C28H50O. The molecule has 0 aliphatic rings. The van der Waals surface area contributed by atoms with Crippen molar-refractivity contribution in [2.75, 3.05) is 0 Å². The van der Waals surface area contributed by atoms with Crippen LogP contribution in [0.15, 0.2) is 18.2 Å². The maximum atomic E-state index is 10.6. The monoisotopic (exact) mass is 402 g/mol. The highest BCUT2D eigenvalue weighted by atomic mass is 16.3. The molecule has 1 nitrogen and oxygen atoms in total. The molecule has 0 bridgehead atoms. The number of phenols is 1. The van der Waals surface area contributed by atoms with Gasteiger partial charge in [0.25, 0.3) is 0 Å². The van der Waals surface area contributed by atoms with Crippen LogP contribution in [0.25, 0.3) is 0 Å². The van der Waals surface area contributed by atoms with Gasteiger partial charge in [0.15, 0.2) is 0 Å². The molecule has 168 valence electrons. The van der Waals surface area contributed by atoms with Gasteiger partial charge in [0.1, 0.15) is 5.75 Å². The normalized spacial score (nSPS) is 12.4. The van der Waals surface area contributed by atoms with Crippen molar-refractivity contribution in [3.05, 3.63) is 29.3 Å². The largest absolute Gasteiger partial charge is 0.508 e. The van der Waals surface area contributed by atoms with Crippen molar-refractivity contribution >= 4 is 0 Å². The van der Waals surface area contributed by atoms with E-state index in [0.717, 1.165) is 6.42 Å². The van der Waals surface area contributed by atoms with Gasteiger partial charge in [-0.25, -0.2) is 0 Å². The molecule has 0 amide bonds. The summed E-state index contributed by atoms with van der Waals surface area (Å²) >= 11 is 0. The predicted octanol–water partition coefficient (Wildman–Crippen LogP) is 9.71. The van der Waals surface area contributed by atoms with Crippen LogP contribution in [0.3, 0.4) is 0 Å².